The first-order valence-electron chi connectivity index (χ1n) is 9.13. The van der Waals surface area contributed by atoms with Crippen LogP contribution >= 0.6 is 0 Å². The molecule has 0 aliphatic carbocycles. The van der Waals surface area contributed by atoms with Gasteiger partial charge >= 0.3 is 0 Å². The molecule has 0 saturated heterocycles. The van der Waals surface area contributed by atoms with Crippen molar-refractivity contribution in [3.05, 3.63) is 65.2 Å². The zero-order chi connectivity index (χ0) is 20.1. The van der Waals surface area contributed by atoms with Crippen molar-refractivity contribution in [2.24, 2.45) is 0 Å². The van der Waals surface area contributed by atoms with Crippen LogP contribution in [0.3, 0.4) is 0 Å². The predicted molar refractivity (Wildman–Crippen MR) is 109 cm³/mol. The Morgan fingerprint density at radius 3 is 2.50 bits per heavy atom. The van der Waals surface area contributed by atoms with Crippen LogP contribution in [0.4, 0.5) is 5.69 Å². The zero-order valence-electron chi connectivity index (χ0n) is 15.8. The highest BCUT2D eigenvalue weighted by molar-refractivity contribution is 7.92. The number of hydrogen-bond acceptors (Lipinski definition) is 5. The van der Waals surface area contributed by atoms with E-state index in [1.54, 1.807) is 0 Å². The number of carbonyl (C=O) groups is 1. The number of β-amino-alcohol motifs (C(OH)–C–C–N with tert-alkyl or cyclic N) is 1. The van der Waals surface area contributed by atoms with E-state index >= 15 is 0 Å². The summed E-state index contributed by atoms with van der Waals surface area (Å²) in [5.41, 5.74) is 3.44. The van der Waals surface area contributed by atoms with Gasteiger partial charge in [-0.25, -0.2) is 8.42 Å². The van der Waals surface area contributed by atoms with Crippen molar-refractivity contribution in [2.45, 2.75) is 19.1 Å². The molecule has 0 fully saturated rings. The Kier molecular flexibility index (Phi) is 6.33. The van der Waals surface area contributed by atoms with Gasteiger partial charge in [0.25, 0.3) is 5.91 Å². The molecule has 0 spiro atoms. The second-order valence-electron chi connectivity index (χ2n) is 7.07. The van der Waals surface area contributed by atoms with E-state index in [4.69, 9.17) is 0 Å². The number of fused-ring (bicyclic) bond motifs is 1. The van der Waals surface area contributed by atoms with E-state index < -0.39 is 16.1 Å². The minimum atomic E-state index is -3.35. The van der Waals surface area contributed by atoms with Gasteiger partial charge in [-0.1, -0.05) is 24.3 Å². The lowest BCUT2D eigenvalue weighted by atomic mass is 10.00. The maximum absolute atomic E-state index is 12.2. The maximum atomic E-state index is 12.2. The number of anilines is 1. The molecule has 1 amide bonds. The molecule has 7 nitrogen and oxygen atoms in total. The van der Waals surface area contributed by atoms with Crippen molar-refractivity contribution in [1.82, 2.24) is 10.2 Å². The summed E-state index contributed by atoms with van der Waals surface area (Å²) < 4.78 is 24.8. The van der Waals surface area contributed by atoms with Gasteiger partial charge in [0, 0.05) is 37.4 Å². The second-order valence-corrected chi connectivity index (χ2v) is 8.82. The SMILES string of the molecule is CS(=O)(=O)Nc1ccc(C(=O)NCC(O)CN2CCc3ccccc3C2)cc1. The second kappa shape index (κ2) is 8.72. The van der Waals surface area contributed by atoms with Crippen molar-refractivity contribution >= 4 is 21.6 Å². The van der Waals surface area contributed by atoms with Gasteiger partial charge in [0.05, 0.1) is 12.4 Å². The van der Waals surface area contributed by atoms with Crippen LogP contribution in [0, 0.1) is 0 Å². The third kappa shape index (κ3) is 5.79. The maximum Gasteiger partial charge on any atom is 0.251 e. The summed E-state index contributed by atoms with van der Waals surface area (Å²) in [6.45, 7) is 2.33. The van der Waals surface area contributed by atoms with Crippen LogP contribution in [0.25, 0.3) is 0 Å². The lowest BCUT2D eigenvalue weighted by molar-refractivity contribution is 0.0842. The van der Waals surface area contributed by atoms with E-state index in [1.165, 1.54) is 35.4 Å². The van der Waals surface area contributed by atoms with Crippen LogP contribution in [0.2, 0.25) is 0 Å². The summed E-state index contributed by atoms with van der Waals surface area (Å²) >= 11 is 0. The monoisotopic (exact) mass is 403 g/mol. The number of aliphatic hydroxyl groups is 1. The number of carbonyl (C=O) groups excluding carboxylic acids is 1. The quantitative estimate of drug-likeness (QED) is 0.645. The Morgan fingerprint density at radius 2 is 1.82 bits per heavy atom. The highest BCUT2D eigenvalue weighted by atomic mass is 32.2. The topological polar surface area (TPSA) is 98.7 Å². The van der Waals surface area contributed by atoms with Crippen LogP contribution in [0.15, 0.2) is 48.5 Å². The fourth-order valence-electron chi connectivity index (χ4n) is 3.29. The fraction of sp³-hybridized carbons (Fsp3) is 0.350. The number of sulfonamides is 1. The number of nitrogens with zero attached hydrogens (tertiary/aromatic N) is 1. The van der Waals surface area contributed by atoms with Crippen molar-refractivity contribution in [1.29, 1.82) is 0 Å². The average Bonchev–Trinajstić information content (AvgIpc) is 2.65. The molecule has 2 aromatic rings. The molecule has 0 saturated carbocycles. The van der Waals surface area contributed by atoms with Crippen molar-refractivity contribution in [3.63, 3.8) is 0 Å². The molecule has 0 aromatic heterocycles. The van der Waals surface area contributed by atoms with E-state index in [-0.39, 0.29) is 12.5 Å². The normalized spacial score (nSPS) is 15.5. The molecule has 150 valence electrons. The molecule has 3 N–H and O–H groups in total. The molecular formula is C20H25N3O4S. The molecule has 8 heteroatoms. The lowest BCUT2D eigenvalue weighted by Crippen LogP contribution is -2.42. The number of aliphatic hydroxyl groups excluding tert-OH is 1. The standard InChI is InChI=1S/C20H25N3O4S/c1-28(26,27)22-18-8-6-16(7-9-18)20(25)21-12-19(24)14-23-11-10-15-4-2-3-5-17(15)13-23/h2-9,19,22,24H,10-14H2,1H3,(H,21,25). The van der Waals surface area contributed by atoms with E-state index in [2.05, 4.69) is 27.1 Å². The smallest absolute Gasteiger partial charge is 0.251 e. The van der Waals surface area contributed by atoms with Gasteiger partial charge in [0.2, 0.25) is 10.0 Å². The Hall–Kier alpha value is -2.42. The van der Waals surface area contributed by atoms with Crippen molar-refractivity contribution in [3.8, 4) is 0 Å². The van der Waals surface area contributed by atoms with Gasteiger partial charge < -0.3 is 10.4 Å². The first-order valence-corrected chi connectivity index (χ1v) is 11.0. The fourth-order valence-corrected chi connectivity index (χ4v) is 3.85. The molecule has 1 unspecified atom stereocenters. The number of nitrogens with one attached hydrogen (secondary N) is 2. The Morgan fingerprint density at radius 1 is 1.14 bits per heavy atom. The van der Waals surface area contributed by atoms with Crippen LogP contribution in [-0.4, -0.2) is 56.3 Å². The molecule has 1 aliphatic heterocycles. The van der Waals surface area contributed by atoms with Crippen LogP contribution < -0.4 is 10.0 Å². The van der Waals surface area contributed by atoms with Gasteiger partial charge in [0.15, 0.2) is 0 Å². The Bertz CT molecular complexity index is 929. The van der Waals surface area contributed by atoms with Gasteiger partial charge in [-0.2, -0.15) is 0 Å². The third-order valence-corrected chi connectivity index (χ3v) is 5.23. The number of hydrogen-bond donors (Lipinski definition) is 3. The Balaban J connectivity index is 1.47. The summed E-state index contributed by atoms with van der Waals surface area (Å²) in [6, 6.07) is 14.4. The van der Waals surface area contributed by atoms with Crippen molar-refractivity contribution in [2.75, 3.05) is 30.6 Å². The van der Waals surface area contributed by atoms with Gasteiger partial charge in [-0.3, -0.25) is 14.4 Å². The van der Waals surface area contributed by atoms with Crippen LogP contribution in [-0.2, 0) is 23.0 Å². The largest absolute Gasteiger partial charge is 0.390 e. The third-order valence-electron chi connectivity index (χ3n) is 4.63. The molecule has 1 atom stereocenters. The van der Waals surface area contributed by atoms with Gasteiger partial charge in [-0.15, -0.1) is 0 Å². The highest BCUT2D eigenvalue weighted by Gasteiger charge is 2.19. The summed E-state index contributed by atoms with van der Waals surface area (Å²) in [6.07, 6.45) is 1.36. The molecule has 1 aliphatic rings. The minimum Gasteiger partial charge on any atom is -0.390 e. The van der Waals surface area contributed by atoms with Gasteiger partial charge in [0.1, 0.15) is 0 Å². The van der Waals surface area contributed by atoms with E-state index in [9.17, 15) is 18.3 Å². The molecular weight excluding hydrogens is 378 g/mol. The summed E-state index contributed by atoms with van der Waals surface area (Å²) in [4.78, 5) is 14.4. The molecule has 0 bridgehead atoms. The van der Waals surface area contributed by atoms with Gasteiger partial charge in [-0.05, 0) is 41.8 Å². The summed E-state index contributed by atoms with van der Waals surface area (Å²) in [7, 11) is -3.35. The molecule has 3 rings (SSSR count). The van der Waals surface area contributed by atoms with Crippen LogP contribution in [0.1, 0.15) is 21.5 Å². The lowest BCUT2D eigenvalue weighted by Gasteiger charge is -2.30. The Labute approximate surface area is 165 Å². The average molecular weight is 404 g/mol. The summed E-state index contributed by atoms with van der Waals surface area (Å²) in [5.74, 6) is -0.311. The molecule has 28 heavy (non-hydrogen) atoms. The predicted octanol–water partition coefficient (Wildman–Crippen LogP) is 1.21. The number of amides is 1. The minimum absolute atomic E-state index is 0.153. The van der Waals surface area contributed by atoms with Crippen LogP contribution in [0.5, 0.6) is 0 Å². The zero-order valence-corrected chi connectivity index (χ0v) is 16.6. The molecule has 0 radical (unpaired) electrons. The molecule has 2 aromatic carbocycles. The highest BCUT2D eigenvalue weighted by Crippen LogP contribution is 2.18. The van der Waals surface area contributed by atoms with Crippen molar-refractivity contribution < 1.29 is 18.3 Å². The first-order chi connectivity index (χ1) is 13.3. The van der Waals surface area contributed by atoms with E-state index in [1.807, 2.05) is 12.1 Å². The van der Waals surface area contributed by atoms with E-state index in [0.29, 0.717) is 17.8 Å². The summed E-state index contributed by atoms with van der Waals surface area (Å²) in [5, 5.41) is 13.0. The number of rotatable bonds is 7. The number of benzene rings is 2. The van der Waals surface area contributed by atoms with E-state index in [0.717, 1.165) is 25.8 Å². The molecule has 1 heterocycles. The first kappa shape index (κ1) is 20.3.